The molecule has 5 aliphatic heterocycles. The zero-order valence-corrected chi connectivity index (χ0v) is 16.3. The van der Waals surface area contributed by atoms with Gasteiger partial charge in [0.05, 0.1) is 37.1 Å². The molecule has 1 N–H and O–H groups in total. The lowest BCUT2D eigenvalue weighted by Gasteiger charge is -2.61. The van der Waals surface area contributed by atoms with Crippen molar-refractivity contribution in [2.45, 2.75) is 42.9 Å². The monoisotopic (exact) mass is 413 g/mol. The predicted molar refractivity (Wildman–Crippen MR) is 104 cm³/mol. The highest BCUT2D eigenvalue weighted by molar-refractivity contribution is 5.99. The maximum Gasteiger partial charge on any atom is 0.291 e. The SMILES string of the molecule is O=C1C[C@@H]2OCC=C3C[N+]4([O-])CC[C@]56c7ccccc7N1[C@H]5[C@H]2[C@H]3C[C@@H]64.O=[N+]([O-])O. The number of hydrogen-bond donors (Lipinski definition) is 1. The van der Waals surface area contributed by atoms with Gasteiger partial charge in [0.2, 0.25) is 5.91 Å². The maximum absolute atomic E-state index is 13.9. The molecule has 7 atom stereocenters. The van der Waals surface area contributed by atoms with E-state index >= 15 is 0 Å². The van der Waals surface area contributed by atoms with Crippen molar-refractivity contribution in [2.24, 2.45) is 11.8 Å². The van der Waals surface area contributed by atoms with Crippen LogP contribution < -0.4 is 4.90 Å². The van der Waals surface area contributed by atoms with E-state index in [2.05, 4.69) is 29.2 Å². The van der Waals surface area contributed by atoms with Gasteiger partial charge in [0.1, 0.15) is 12.6 Å². The molecule has 0 aromatic heterocycles. The largest absolute Gasteiger partial charge is 0.632 e. The Morgan fingerprint density at radius 3 is 2.90 bits per heavy atom. The summed E-state index contributed by atoms with van der Waals surface area (Å²) in [6.45, 7) is 1.87. The van der Waals surface area contributed by atoms with Gasteiger partial charge in [-0.05, 0) is 23.1 Å². The highest BCUT2D eigenvalue weighted by Gasteiger charge is 2.74. The van der Waals surface area contributed by atoms with Gasteiger partial charge in [-0.1, -0.05) is 24.3 Å². The van der Waals surface area contributed by atoms with Crippen LogP contribution in [0.5, 0.6) is 0 Å². The fourth-order valence-corrected chi connectivity index (χ4v) is 7.77. The molecule has 30 heavy (non-hydrogen) atoms. The Hall–Kier alpha value is -2.49. The van der Waals surface area contributed by atoms with E-state index in [-0.39, 0.29) is 34.2 Å². The van der Waals surface area contributed by atoms with Crippen LogP contribution in [0.25, 0.3) is 0 Å². The molecule has 6 aliphatic rings. The summed E-state index contributed by atoms with van der Waals surface area (Å²) in [5.74, 6) is 0.922. The summed E-state index contributed by atoms with van der Waals surface area (Å²) >= 11 is 0. The normalized spacial score (nSPS) is 43.8. The van der Waals surface area contributed by atoms with Gasteiger partial charge in [-0.2, -0.15) is 0 Å². The van der Waals surface area contributed by atoms with E-state index in [1.54, 1.807) is 0 Å². The Morgan fingerprint density at radius 2 is 2.10 bits per heavy atom. The highest BCUT2D eigenvalue weighted by atomic mass is 16.9. The number of rotatable bonds is 0. The molecule has 1 unspecified atom stereocenters. The summed E-state index contributed by atoms with van der Waals surface area (Å²) in [5.41, 5.74) is 3.46. The van der Waals surface area contributed by atoms with Crippen molar-refractivity contribution in [1.29, 1.82) is 0 Å². The number of benzene rings is 1. The second-order valence-electron chi connectivity index (χ2n) is 9.38. The lowest BCUT2D eigenvalue weighted by Crippen LogP contribution is -2.71. The summed E-state index contributed by atoms with van der Waals surface area (Å²) < 4.78 is 6.10. The third-order valence-electron chi connectivity index (χ3n) is 8.50. The summed E-state index contributed by atoms with van der Waals surface area (Å²) in [6, 6.07) is 8.58. The number of carbonyl (C=O) groups is 1. The first-order chi connectivity index (χ1) is 14.4. The summed E-state index contributed by atoms with van der Waals surface area (Å²) in [7, 11) is 0. The second kappa shape index (κ2) is 5.81. The van der Waals surface area contributed by atoms with Gasteiger partial charge in [0, 0.05) is 24.4 Å². The molecular formula is C21H23N3O6. The van der Waals surface area contributed by atoms with Crippen LogP contribution in [0.3, 0.4) is 0 Å². The molecular weight excluding hydrogens is 390 g/mol. The van der Waals surface area contributed by atoms with Crippen molar-refractivity contribution in [3.8, 4) is 0 Å². The van der Waals surface area contributed by atoms with Crippen molar-refractivity contribution in [2.75, 3.05) is 24.6 Å². The minimum atomic E-state index is -1.50. The minimum Gasteiger partial charge on any atom is -0.632 e. The highest BCUT2D eigenvalue weighted by Crippen LogP contribution is 2.67. The average molecular weight is 413 g/mol. The van der Waals surface area contributed by atoms with E-state index in [1.165, 1.54) is 11.1 Å². The molecule has 4 fully saturated rings. The first-order valence-electron chi connectivity index (χ1n) is 10.5. The van der Waals surface area contributed by atoms with Gasteiger partial charge in [-0.3, -0.25) is 4.79 Å². The number of nitrogens with zero attached hydrogens (tertiary/aromatic N) is 3. The van der Waals surface area contributed by atoms with E-state index in [0.29, 0.717) is 38.0 Å². The Morgan fingerprint density at radius 1 is 1.33 bits per heavy atom. The summed E-state index contributed by atoms with van der Waals surface area (Å²) in [6.07, 6.45) is 4.51. The van der Waals surface area contributed by atoms with E-state index in [9.17, 15) is 10.0 Å². The summed E-state index contributed by atoms with van der Waals surface area (Å²) in [4.78, 5) is 23.6. The fourth-order valence-electron chi connectivity index (χ4n) is 7.77. The second-order valence-corrected chi connectivity index (χ2v) is 9.38. The maximum atomic E-state index is 13.9. The molecule has 1 aliphatic carbocycles. The van der Waals surface area contributed by atoms with Crippen molar-refractivity contribution >= 4 is 11.6 Å². The molecule has 158 valence electrons. The van der Waals surface area contributed by atoms with Crippen molar-refractivity contribution in [3.63, 3.8) is 0 Å². The zero-order valence-electron chi connectivity index (χ0n) is 16.3. The Balaban J connectivity index is 0.000000406. The van der Waals surface area contributed by atoms with Crippen LogP contribution in [0, 0.1) is 27.2 Å². The molecule has 9 heteroatoms. The van der Waals surface area contributed by atoms with Crippen molar-refractivity contribution < 1.29 is 24.5 Å². The number of hydroxylamine groups is 3. The predicted octanol–water partition coefficient (Wildman–Crippen LogP) is 1.76. The molecule has 7 rings (SSSR count). The molecule has 5 heterocycles. The van der Waals surface area contributed by atoms with E-state index in [0.717, 1.165) is 18.5 Å². The van der Waals surface area contributed by atoms with Gasteiger partial charge >= 0.3 is 0 Å². The van der Waals surface area contributed by atoms with E-state index < -0.39 is 5.09 Å². The Labute approximate surface area is 172 Å². The summed E-state index contributed by atoms with van der Waals surface area (Å²) in [5, 5.41) is 27.5. The molecule has 9 nitrogen and oxygen atoms in total. The zero-order chi connectivity index (χ0) is 20.8. The number of quaternary nitrogens is 1. The van der Waals surface area contributed by atoms with E-state index in [1.807, 2.05) is 6.07 Å². The van der Waals surface area contributed by atoms with Crippen molar-refractivity contribution in [1.82, 2.24) is 0 Å². The van der Waals surface area contributed by atoms with Gasteiger partial charge in [-0.25, -0.2) is 0 Å². The molecule has 2 bridgehead atoms. The number of amides is 1. The molecule has 3 saturated heterocycles. The lowest BCUT2D eigenvalue weighted by atomic mass is 9.53. The van der Waals surface area contributed by atoms with Crippen LogP contribution in [-0.2, 0) is 14.9 Å². The molecule has 0 radical (unpaired) electrons. The van der Waals surface area contributed by atoms with Crippen LogP contribution in [0.4, 0.5) is 5.69 Å². The number of ether oxygens (including phenoxy) is 1. The minimum absolute atomic E-state index is 0.00175. The number of fused-ring (bicyclic) bond motifs is 2. The quantitative estimate of drug-likeness (QED) is 0.228. The van der Waals surface area contributed by atoms with Crippen LogP contribution in [0.1, 0.15) is 24.8 Å². The number of para-hydroxylation sites is 1. The third kappa shape index (κ3) is 2.05. The smallest absolute Gasteiger partial charge is 0.291 e. The Kier molecular flexibility index (Phi) is 3.54. The van der Waals surface area contributed by atoms with E-state index in [4.69, 9.17) is 20.1 Å². The topological polar surface area (TPSA) is 116 Å². The molecule has 1 amide bonds. The van der Waals surface area contributed by atoms with Gasteiger partial charge in [-0.15, -0.1) is 10.1 Å². The number of anilines is 1. The lowest BCUT2D eigenvalue weighted by molar-refractivity contribution is -0.896. The van der Waals surface area contributed by atoms with Gasteiger partial charge in [0.15, 0.2) is 0 Å². The molecule has 1 aromatic rings. The fraction of sp³-hybridized carbons (Fsp3) is 0.571. The molecule has 1 spiro atoms. The molecule has 1 saturated carbocycles. The van der Waals surface area contributed by atoms with Crippen LogP contribution in [-0.4, -0.2) is 58.7 Å². The van der Waals surface area contributed by atoms with Crippen LogP contribution in [0.2, 0.25) is 0 Å². The number of carbonyl (C=O) groups excluding carboxylic acids is 1. The number of hydrogen-bond acceptors (Lipinski definition) is 5. The van der Waals surface area contributed by atoms with Crippen molar-refractivity contribution in [3.05, 3.63) is 56.8 Å². The first-order valence-corrected chi connectivity index (χ1v) is 10.5. The van der Waals surface area contributed by atoms with Crippen LogP contribution >= 0.6 is 0 Å². The van der Waals surface area contributed by atoms with Gasteiger partial charge < -0.3 is 24.7 Å². The average Bonchev–Trinajstić information content (AvgIpc) is 3.11. The first kappa shape index (κ1) is 18.3. The third-order valence-corrected chi connectivity index (χ3v) is 8.50. The standard InChI is InChI=1S/C21H22N2O3.HNO3/c24-18-10-16-19-13-9-17-21(6-7-23(17,25)11-12(13)5-8-26-16)14-3-1-2-4-15(14)22(18)20(19)21;2-1(3)4/h1-5,13,16-17,19-20H,6-11H2;(H,2,3,4)/t13-,16-,17-,19-,20-,21+,23?;/m0./s1. The van der Waals surface area contributed by atoms with Gasteiger partial charge in [0.25, 0.3) is 5.09 Å². The number of piperidine rings is 2. The van der Waals surface area contributed by atoms with Crippen LogP contribution in [0.15, 0.2) is 35.9 Å². The molecule has 1 aromatic carbocycles. The Bertz CT molecular complexity index is 993.